The van der Waals surface area contributed by atoms with Crippen molar-refractivity contribution in [1.82, 2.24) is 0 Å². The number of benzene rings is 2. The molecule has 0 atom stereocenters. The summed E-state index contributed by atoms with van der Waals surface area (Å²) in [6.07, 6.45) is 5.05. The van der Waals surface area contributed by atoms with Crippen LogP contribution in [0.3, 0.4) is 0 Å². The first-order valence-corrected chi connectivity index (χ1v) is 12.1. The van der Waals surface area contributed by atoms with Crippen LogP contribution in [-0.4, -0.2) is 19.2 Å². The van der Waals surface area contributed by atoms with Gasteiger partial charge in [0.25, 0.3) is 0 Å². The molecule has 0 radical (unpaired) electrons. The highest BCUT2D eigenvalue weighted by Gasteiger charge is 2.13. The predicted molar refractivity (Wildman–Crippen MR) is 138 cm³/mol. The van der Waals surface area contributed by atoms with E-state index >= 15 is 0 Å². The van der Waals surface area contributed by atoms with Crippen molar-refractivity contribution in [1.29, 1.82) is 0 Å². The van der Waals surface area contributed by atoms with Gasteiger partial charge >= 0.3 is 11.6 Å². The Morgan fingerprint density at radius 2 is 1.86 bits per heavy atom. The van der Waals surface area contributed by atoms with Gasteiger partial charge in [-0.05, 0) is 73.2 Å². The largest absolute Gasteiger partial charge is 0.490 e. The van der Waals surface area contributed by atoms with Crippen LogP contribution in [-0.2, 0) is 16.1 Å². The predicted octanol–water partition coefficient (Wildman–Crippen LogP) is 6.56. The molecule has 0 amide bonds. The van der Waals surface area contributed by atoms with Crippen molar-refractivity contribution in [3.63, 3.8) is 0 Å². The normalized spacial score (nSPS) is 11.4. The standard InChI is InChI=1S/C29H34O6/c1-6-8-13-33-25-11-9-21(15-27(25)32-7-2)10-12-28(30)34-18-22-16-29(31)35-26-14-20(5)23(19(3)4)17-24(22)26/h9-12,14-17,19H,6-8,13,18H2,1-5H3. The second kappa shape index (κ2) is 12.2. The average Bonchev–Trinajstić information content (AvgIpc) is 2.82. The molecule has 0 unspecified atom stereocenters. The molecule has 35 heavy (non-hydrogen) atoms. The third-order valence-corrected chi connectivity index (χ3v) is 5.64. The lowest BCUT2D eigenvalue weighted by atomic mass is 9.95. The van der Waals surface area contributed by atoms with Gasteiger partial charge < -0.3 is 18.6 Å². The minimum atomic E-state index is -0.510. The molecule has 0 N–H and O–H groups in total. The summed E-state index contributed by atoms with van der Waals surface area (Å²) in [4.78, 5) is 24.5. The Hall–Kier alpha value is -3.54. The summed E-state index contributed by atoms with van der Waals surface area (Å²) < 4.78 is 22.3. The Kier molecular flexibility index (Phi) is 9.12. The monoisotopic (exact) mass is 478 g/mol. The van der Waals surface area contributed by atoms with Gasteiger partial charge in [0.05, 0.1) is 13.2 Å². The van der Waals surface area contributed by atoms with E-state index < -0.39 is 11.6 Å². The van der Waals surface area contributed by atoms with Crippen LogP contribution in [0, 0.1) is 6.92 Å². The van der Waals surface area contributed by atoms with Crippen LogP contribution in [0.25, 0.3) is 17.0 Å². The zero-order valence-corrected chi connectivity index (χ0v) is 21.2. The number of esters is 1. The molecular formula is C29H34O6. The van der Waals surface area contributed by atoms with Crippen molar-refractivity contribution in [3.8, 4) is 11.5 Å². The maximum absolute atomic E-state index is 12.4. The molecule has 0 saturated carbocycles. The van der Waals surface area contributed by atoms with Gasteiger partial charge in [-0.2, -0.15) is 0 Å². The molecule has 0 saturated heterocycles. The summed E-state index contributed by atoms with van der Waals surface area (Å²) in [5.41, 5.74) is 3.64. The molecule has 6 nitrogen and oxygen atoms in total. The maximum atomic E-state index is 12.4. The highest BCUT2D eigenvalue weighted by atomic mass is 16.5. The van der Waals surface area contributed by atoms with Crippen molar-refractivity contribution >= 4 is 23.0 Å². The van der Waals surface area contributed by atoms with E-state index in [0.29, 0.717) is 41.8 Å². The number of unbranched alkanes of at least 4 members (excludes halogenated alkanes) is 1. The molecule has 0 aliphatic rings. The van der Waals surface area contributed by atoms with E-state index in [2.05, 4.69) is 20.8 Å². The zero-order chi connectivity index (χ0) is 25.4. The number of hydrogen-bond donors (Lipinski definition) is 0. The van der Waals surface area contributed by atoms with E-state index in [1.54, 1.807) is 6.08 Å². The Labute approximate surface area is 206 Å². The molecule has 0 bridgehead atoms. The minimum absolute atomic E-state index is 0.0275. The molecule has 1 heterocycles. The summed E-state index contributed by atoms with van der Waals surface area (Å²) >= 11 is 0. The van der Waals surface area contributed by atoms with Gasteiger partial charge in [0.1, 0.15) is 12.2 Å². The molecule has 0 spiro atoms. The van der Waals surface area contributed by atoms with Crippen LogP contribution in [0.15, 0.2) is 51.7 Å². The first kappa shape index (κ1) is 26.1. The first-order chi connectivity index (χ1) is 16.8. The third-order valence-electron chi connectivity index (χ3n) is 5.64. The van der Waals surface area contributed by atoms with Gasteiger partial charge in [-0.25, -0.2) is 9.59 Å². The van der Waals surface area contributed by atoms with Gasteiger partial charge in [-0.1, -0.05) is 33.3 Å². The number of aryl methyl sites for hydroxylation is 1. The Balaban J connectivity index is 1.73. The molecule has 3 rings (SSSR count). The fourth-order valence-electron chi connectivity index (χ4n) is 3.84. The zero-order valence-electron chi connectivity index (χ0n) is 21.2. The van der Waals surface area contributed by atoms with E-state index in [4.69, 9.17) is 18.6 Å². The van der Waals surface area contributed by atoms with Crippen LogP contribution in [0.5, 0.6) is 11.5 Å². The lowest BCUT2D eigenvalue weighted by molar-refractivity contribution is -0.138. The van der Waals surface area contributed by atoms with E-state index in [9.17, 15) is 9.59 Å². The molecule has 186 valence electrons. The number of ether oxygens (including phenoxy) is 3. The first-order valence-electron chi connectivity index (χ1n) is 12.1. The van der Waals surface area contributed by atoms with Crippen molar-refractivity contribution in [2.45, 2.75) is 60.0 Å². The second-order valence-electron chi connectivity index (χ2n) is 8.73. The van der Waals surface area contributed by atoms with E-state index in [-0.39, 0.29) is 6.61 Å². The van der Waals surface area contributed by atoms with E-state index in [0.717, 1.165) is 34.9 Å². The summed E-state index contributed by atoms with van der Waals surface area (Å²) in [6, 6.07) is 10.8. The SMILES string of the molecule is CCCCOc1ccc(C=CC(=O)OCc2cc(=O)oc3cc(C)c(C(C)C)cc23)cc1OCC. The lowest BCUT2D eigenvalue weighted by Gasteiger charge is -2.13. The number of fused-ring (bicyclic) bond motifs is 1. The van der Waals surface area contributed by atoms with Crippen LogP contribution >= 0.6 is 0 Å². The van der Waals surface area contributed by atoms with Gasteiger partial charge in [-0.15, -0.1) is 0 Å². The van der Waals surface area contributed by atoms with Gasteiger partial charge in [0.15, 0.2) is 11.5 Å². The summed E-state index contributed by atoms with van der Waals surface area (Å²) in [5, 5.41) is 0.774. The van der Waals surface area contributed by atoms with Crippen molar-refractivity contribution in [3.05, 3.63) is 75.1 Å². The van der Waals surface area contributed by atoms with E-state index in [1.807, 2.05) is 44.2 Å². The maximum Gasteiger partial charge on any atom is 0.336 e. The summed E-state index contributed by atoms with van der Waals surface area (Å²) in [5.74, 6) is 1.13. The third kappa shape index (κ3) is 6.98. The van der Waals surface area contributed by atoms with E-state index in [1.165, 1.54) is 12.1 Å². The van der Waals surface area contributed by atoms with Crippen LogP contribution in [0.2, 0.25) is 0 Å². The lowest BCUT2D eigenvalue weighted by Crippen LogP contribution is -2.06. The fraction of sp³-hybridized carbons (Fsp3) is 0.379. The summed E-state index contributed by atoms with van der Waals surface area (Å²) in [7, 11) is 0. The quantitative estimate of drug-likeness (QED) is 0.134. The van der Waals surface area contributed by atoms with Crippen molar-refractivity contribution in [2.24, 2.45) is 0 Å². The molecule has 3 aromatic rings. The number of hydrogen-bond acceptors (Lipinski definition) is 6. The highest BCUT2D eigenvalue weighted by Crippen LogP contribution is 2.30. The molecule has 0 aliphatic heterocycles. The second-order valence-corrected chi connectivity index (χ2v) is 8.73. The molecule has 2 aromatic carbocycles. The van der Waals surface area contributed by atoms with Gasteiger partial charge in [0.2, 0.25) is 0 Å². The van der Waals surface area contributed by atoms with Gasteiger partial charge in [0, 0.05) is 23.1 Å². The van der Waals surface area contributed by atoms with Crippen molar-refractivity contribution < 1.29 is 23.4 Å². The van der Waals surface area contributed by atoms with Crippen LogP contribution < -0.4 is 15.1 Å². The topological polar surface area (TPSA) is 75.0 Å². The fourth-order valence-corrected chi connectivity index (χ4v) is 3.84. The van der Waals surface area contributed by atoms with Crippen molar-refractivity contribution in [2.75, 3.05) is 13.2 Å². The molecule has 0 fully saturated rings. The highest BCUT2D eigenvalue weighted by molar-refractivity contribution is 5.88. The number of carbonyl (C=O) groups excluding carboxylic acids is 1. The average molecular weight is 479 g/mol. The Bertz CT molecular complexity index is 1250. The summed E-state index contributed by atoms with van der Waals surface area (Å²) in [6.45, 7) is 11.3. The van der Waals surface area contributed by atoms with Gasteiger partial charge in [-0.3, -0.25) is 0 Å². The molecule has 0 aliphatic carbocycles. The smallest absolute Gasteiger partial charge is 0.336 e. The Morgan fingerprint density at radius 1 is 1.06 bits per heavy atom. The Morgan fingerprint density at radius 3 is 2.57 bits per heavy atom. The number of carbonyl (C=O) groups is 1. The molecular weight excluding hydrogens is 444 g/mol. The molecule has 1 aromatic heterocycles. The molecule has 6 heteroatoms. The minimum Gasteiger partial charge on any atom is -0.490 e. The van der Waals surface area contributed by atoms with Crippen LogP contribution in [0.1, 0.15) is 68.7 Å². The number of rotatable bonds is 11. The van der Waals surface area contributed by atoms with Crippen LogP contribution in [0.4, 0.5) is 0 Å².